The maximum atomic E-state index is 13.3. The van der Waals surface area contributed by atoms with Crippen LogP contribution in [0.25, 0.3) is 22.1 Å². The molecule has 2 aromatic carbocycles. The zero-order valence-electron chi connectivity index (χ0n) is 18.7. The standard InChI is InChI=1S/C27H27N3O3/c1-32-22-10-11-23-24(17-22)33-26(25(23)19-7-3-2-4-8-19)27(31)29-20-12-15-30(16-13-20)18-21-9-5-6-14-28-21/h2-11,14,17,20H,12-13,15-16,18H2,1H3,(H,29,31). The number of aromatic nitrogens is 1. The van der Waals surface area contributed by atoms with E-state index in [4.69, 9.17) is 9.15 Å². The molecule has 0 bridgehead atoms. The molecule has 0 saturated carbocycles. The summed E-state index contributed by atoms with van der Waals surface area (Å²) in [6.45, 7) is 2.68. The minimum Gasteiger partial charge on any atom is -0.497 e. The molecule has 168 valence electrons. The van der Waals surface area contributed by atoms with Gasteiger partial charge < -0.3 is 14.5 Å². The van der Waals surface area contributed by atoms with Crippen molar-refractivity contribution in [3.05, 3.63) is 84.4 Å². The number of benzene rings is 2. The lowest BCUT2D eigenvalue weighted by Gasteiger charge is -2.32. The first-order valence-electron chi connectivity index (χ1n) is 11.3. The molecule has 0 atom stereocenters. The summed E-state index contributed by atoms with van der Waals surface area (Å²) in [5.41, 5.74) is 3.49. The molecule has 6 nitrogen and oxygen atoms in total. The molecule has 1 N–H and O–H groups in total. The van der Waals surface area contributed by atoms with E-state index >= 15 is 0 Å². The zero-order chi connectivity index (χ0) is 22.6. The Morgan fingerprint density at radius 3 is 2.61 bits per heavy atom. The first-order valence-corrected chi connectivity index (χ1v) is 11.3. The van der Waals surface area contributed by atoms with Crippen LogP contribution in [0, 0.1) is 0 Å². The lowest BCUT2D eigenvalue weighted by molar-refractivity contribution is 0.0883. The van der Waals surface area contributed by atoms with Crippen LogP contribution in [-0.2, 0) is 6.54 Å². The van der Waals surface area contributed by atoms with Crippen molar-refractivity contribution >= 4 is 16.9 Å². The fourth-order valence-electron chi connectivity index (χ4n) is 4.46. The molecule has 0 unspecified atom stereocenters. The van der Waals surface area contributed by atoms with Gasteiger partial charge in [0.25, 0.3) is 5.91 Å². The highest BCUT2D eigenvalue weighted by molar-refractivity contribution is 6.08. The number of carbonyl (C=O) groups excluding carboxylic acids is 1. The number of pyridine rings is 1. The van der Waals surface area contributed by atoms with Gasteiger partial charge >= 0.3 is 0 Å². The Kier molecular flexibility index (Phi) is 6.09. The maximum Gasteiger partial charge on any atom is 0.287 e. The van der Waals surface area contributed by atoms with Gasteiger partial charge in [0, 0.05) is 48.9 Å². The first kappa shape index (κ1) is 21.2. The third-order valence-electron chi connectivity index (χ3n) is 6.20. The molecule has 1 amide bonds. The second-order valence-corrected chi connectivity index (χ2v) is 8.38. The Hall–Kier alpha value is -3.64. The third-order valence-corrected chi connectivity index (χ3v) is 6.20. The molecule has 0 spiro atoms. The predicted octanol–water partition coefficient (Wildman–Crippen LogP) is 4.90. The monoisotopic (exact) mass is 441 g/mol. The minimum atomic E-state index is -0.174. The number of ether oxygens (including phenoxy) is 1. The molecule has 3 heterocycles. The van der Waals surface area contributed by atoms with Crippen LogP contribution in [0.4, 0.5) is 0 Å². The summed E-state index contributed by atoms with van der Waals surface area (Å²) in [5.74, 6) is 0.871. The molecule has 0 aliphatic carbocycles. The second-order valence-electron chi connectivity index (χ2n) is 8.38. The molecule has 2 aromatic heterocycles. The van der Waals surface area contributed by atoms with E-state index in [1.54, 1.807) is 7.11 Å². The van der Waals surface area contributed by atoms with Crippen molar-refractivity contribution in [2.75, 3.05) is 20.2 Å². The third kappa shape index (κ3) is 4.61. The average molecular weight is 442 g/mol. The van der Waals surface area contributed by atoms with E-state index in [0.29, 0.717) is 17.1 Å². The number of likely N-dealkylation sites (tertiary alicyclic amines) is 1. The number of amides is 1. The molecule has 1 saturated heterocycles. The molecule has 0 radical (unpaired) electrons. The Balaban J connectivity index is 1.33. The lowest BCUT2D eigenvalue weighted by Crippen LogP contribution is -2.44. The van der Waals surface area contributed by atoms with Crippen LogP contribution < -0.4 is 10.1 Å². The second kappa shape index (κ2) is 9.46. The lowest BCUT2D eigenvalue weighted by atomic mass is 10.0. The van der Waals surface area contributed by atoms with Gasteiger partial charge in [-0.3, -0.25) is 14.7 Å². The van der Waals surface area contributed by atoms with E-state index in [2.05, 4.69) is 21.3 Å². The number of piperidine rings is 1. The van der Waals surface area contributed by atoms with Gasteiger partial charge in [0.15, 0.2) is 0 Å². The van der Waals surface area contributed by atoms with Gasteiger partial charge in [0.2, 0.25) is 5.76 Å². The number of fused-ring (bicyclic) bond motifs is 1. The van der Waals surface area contributed by atoms with Gasteiger partial charge in [-0.1, -0.05) is 36.4 Å². The molecule has 1 aliphatic heterocycles. The predicted molar refractivity (Wildman–Crippen MR) is 128 cm³/mol. The van der Waals surface area contributed by atoms with E-state index in [9.17, 15) is 4.79 Å². The molecule has 33 heavy (non-hydrogen) atoms. The number of hydrogen-bond donors (Lipinski definition) is 1. The fourth-order valence-corrected chi connectivity index (χ4v) is 4.46. The fraction of sp³-hybridized carbons (Fsp3) is 0.259. The van der Waals surface area contributed by atoms with Gasteiger partial charge in [0.1, 0.15) is 11.3 Å². The summed E-state index contributed by atoms with van der Waals surface area (Å²) in [6, 6.07) is 21.7. The number of furan rings is 1. The average Bonchev–Trinajstić information content (AvgIpc) is 3.25. The number of hydrogen-bond acceptors (Lipinski definition) is 5. The number of carbonyl (C=O) groups is 1. The van der Waals surface area contributed by atoms with Crippen LogP contribution in [-0.4, -0.2) is 42.0 Å². The number of methoxy groups -OCH3 is 1. The number of nitrogens with one attached hydrogen (secondary N) is 1. The largest absolute Gasteiger partial charge is 0.497 e. The van der Waals surface area contributed by atoms with E-state index in [1.807, 2.05) is 66.9 Å². The molecule has 4 aromatic rings. The number of nitrogens with zero attached hydrogens (tertiary/aromatic N) is 2. The summed E-state index contributed by atoms with van der Waals surface area (Å²) in [7, 11) is 1.62. The summed E-state index contributed by atoms with van der Waals surface area (Å²) in [4.78, 5) is 20.1. The summed E-state index contributed by atoms with van der Waals surface area (Å²) in [6.07, 6.45) is 3.62. The van der Waals surface area contributed by atoms with Gasteiger partial charge in [-0.05, 0) is 42.7 Å². The molecule has 1 aliphatic rings. The molecule has 5 rings (SSSR count). The van der Waals surface area contributed by atoms with Crippen LogP contribution in [0.3, 0.4) is 0 Å². The highest BCUT2D eigenvalue weighted by Gasteiger charge is 2.26. The topological polar surface area (TPSA) is 67.6 Å². The smallest absolute Gasteiger partial charge is 0.287 e. The van der Waals surface area contributed by atoms with E-state index < -0.39 is 0 Å². The Morgan fingerprint density at radius 2 is 1.88 bits per heavy atom. The van der Waals surface area contributed by atoms with Crippen molar-refractivity contribution < 1.29 is 13.9 Å². The van der Waals surface area contributed by atoms with Crippen molar-refractivity contribution in [1.29, 1.82) is 0 Å². The SMILES string of the molecule is COc1ccc2c(-c3ccccc3)c(C(=O)NC3CCN(Cc4ccccn4)CC3)oc2c1. The van der Waals surface area contributed by atoms with Crippen LogP contribution in [0.1, 0.15) is 29.1 Å². The minimum absolute atomic E-state index is 0.115. The van der Waals surface area contributed by atoms with Gasteiger partial charge in [-0.2, -0.15) is 0 Å². The van der Waals surface area contributed by atoms with Crippen molar-refractivity contribution in [2.24, 2.45) is 0 Å². The van der Waals surface area contributed by atoms with E-state index in [1.165, 1.54) is 0 Å². The first-order chi connectivity index (χ1) is 16.2. The van der Waals surface area contributed by atoms with Crippen LogP contribution in [0.15, 0.2) is 77.3 Å². The van der Waals surface area contributed by atoms with Crippen molar-refractivity contribution in [3.8, 4) is 16.9 Å². The highest BCUT2D eigenvalue weighted by atomic mass is 16.5. The van der Waals surface area contributed by atoms with Crippen LogP contribution in [0.2, 0.25) is 0 Å². The Morgan fingerprint density at radius 1 is 1.09 bits per heavy atom. The molecule has 1 fully saturated rings. The highest BCUT2D eigenvalue weighted by Crippen LogP contribution is 2.36. The quantitative estimate of drug-likeness (QED) is 0.461. The summed E-state index contributed by atoms with van der Waals surface area (Å²) < 4.78 is 11.4. The zero-order valence-corrected chi connectivity index (χ0v) is 18.7. The molecule has 6 heteroatoms. The van der Waals surface area contributed by atoms with E-state index in [0.717, 1.165) is 54.7 Å². The van der Waals surface area contributed by atoms with Gasteiger partial charge in [-0.15, -0.1) is 0 Å². The summed E-state index contributed by atoms with van der Waals surface area (Å²) >= 11 is 0. The van der Waals surface area contributed by atoms with Crippen LogP contribution in [0.5, 0.6) is 5.75 Å². The van der Waals surface area contributed by atoms with Crippen molar-refractivity contribution in [1.82, 2.24) is 15.2 Å². The van der Waals surface area contributed by atoms with Gasteiger partial charge in [0.05, 0.1) is 12.8 Å². The van der Waals surface area contributed by atoms with Crippen LogP contribution >= 0.6 is 0 Å². The maximum absolute atomic E-state index is 13.3. The molecular formula is C27H27N3O3. The van der Waals surface area contributed by atoms with Gasteiger partial charge in [-0.25, -0.2) is 0 Å². The Bertz CT molecular complexity index is 1230. The summed E-state index contributed by atoms with van der Waals surface area (Å²) in [5, 5.41) is 4.11. The number of rotatable bonds is 6. The van der Waals surface area contributed by atoms with E-state index in [-0.39, 0.29) is 11.9 Å². The van der Waals surface area contributed by atoms with Crippen molar-refractivity contribution in [3.63, 3.8) is 0 Å². The Labute approximate surface area is 193 Å². The molecular weight excluding hydrogens is 414 g/mol. The van der Waals surface area contributed by atoms with Crippen molar-refractivity contribution in [2.45, 2.75) is 25.4 Å². The normalized spacial score (nSPS) is 14.9.